The second-order valence-electron chi connectivity index (χ2n) is 5.29. The van der Waals surface area contributed by atoms with Crippen molar-refractivity contribution >= 4 is 17.8 Å². The number of hydrogen-bond donors (Lipinski definition) is 1. The zero-order valence-corrected chi connectivity index (χ0v) is 15.5. The molecule has 0 bridgehead atoms. The molecule has 0 unspecified atom stereocenters. The predicted molar refractivity (Wildman–Crippen MR) is 100 cm³/mol. The number of carbonyl (C=O) groups excluding carboxylic acids is 1. The average molecular weight is 389 g/mol. The molecule has 0 radical (unpaired) electrons. The van der Waals surface area contributed by atoms with Crippen LogP contribution in [0.2, 0.25) is 0 Å². The van der Waals surface area contributed by atoms with Crippen LogP contribution in [-0.2, 0) is 4.79 Å². The Morgan fingerprint density at radius 2 is 1.82 bits per heavy atom. The number of nitrogens with zero attached hydrogens (tertiary/aromatic N) is 2. The zero-order valence-electron chi connectivity index (χ0n) is 15.5. The molecule has 148 valence electrons. The molecule has 0 aromatic heterocycles. The van der Waals surface area contributed by atoms with E-state index in [-0.39, 0.29) is 18.0 Å². The number of carbonyl (C=O) groups is 1. The van der Waals surface area contributed by atoms with Gasteiger partial charge in [0, 0.05) is 11.6 Å². The molecule has 0 saturated heterocycles. The standard InChI is InChI=1S/C18H19N3O7/c1-25-15-7-12(8-16(26-2)18(15)27-3)10-19-20-17(22)11-28-14-6-4-5-13(9-14)21(23)24/h4-10H,11H2,1-3H3,(H,20,22). The normalized spacial score (nSPS) is 10.4. The van der Waals surface area contributed by atoms with Crippen LogP contribution in [0.5, 0.6) is 23.0 Å². The van der Waals surface area contributed by atoms with E-state index in [2.05, 4.69) is 10.5 Å². The molecule has 0 atom stereocenters. The Morgan fingerprint density at radius 1 is 1.14 bits per heavy atom. The molecule has 0 aliphatic rings. The van der Waals surface area contributed by atoms with E-state index < -0.39 is 10.8 Å². The van der Waals surface area contributed by atoms with Crippen molar-refractivity contribution in [3.63, 3.8) is 0 Å². The number of nitro benzene ring substituents is 1. The number of nitrogens with one attached hydrogen (secondary N) is 1. The number of benzene rings is 2. The van der Waals surface area contributed by atoms with Crippen LogP contribution >= 0.6 is 0 Å². The molecule has 1 N–H and O–H groups in total. The molecular formula is C18H19N3O7. The van der Waals surface area contributed by atoms with Crippen LogP contribution in [0.25, 0.3) is 0 Å². The van der Waals surface area contributed by atoms with Crippen LogP contribution in [0.3, 0.4) is 0 Å². The summed E-state index contributed by atoms with van der Waals surface area (Å²) in [6, 6.07) is 8.86. The van der Waals surface area contributed by atoms with Gasteiger partial charge in [0.2, 0.25) is 5.75 Å². The van der Waals surface area contributed by atoms with Crippen molar-refractivity contribution < 1.29 is 28.7 Å². The third kappa shape index (κ3) is 5.34. The molecular weight excluding hydrogens is 370 g/mol. The Hall–Kier alpha value is -3.82. The van der Waals surface area contributed by atoms with Gasteiger partial charge in [0.1, 0.15) is 5.75 Å². The maximum Gasteiger partial charge on any atom is 0.277 e. The number of hydrogen-bond acceptors (Lipinski definition) is 8. The molecule has 0 saturated carbocycles. The highest BCUT2D eigenvalue weighted by Gasteiger charge is 2.12. The second kappa shape index (κ2) is 9.76. The molecule has 10 heteroatoms. The third-order valence-electron chi connectivity index (χ3n) is 3.49. The van der Waals surface area contributed by atoms with E-state index >= 15 is 0 Å². The molecule has 0 aliphatic heterocycles. The number of nitro groups is 1. The summed E-state index contributed by atoms with van der Waals surface area (Å²) in [6.07, 6.45) is 1.40. The van der Waals surface area contributed by atoms with Crippen LogP contribution in [0.15, 0.2) is 41.5 Å². The van der Waals surface area contributed by atoms with E-state index in [1.54, 1.807) is 12.1 Å². The van der Waals surface area contributed by atoms with Crippen molar-refractivity contribution in [3.05, 3.63) is 52.1 Å². The first kappa shape index (κ1) is 20.5. The Morgan fingerprint density at radius 3 is 2.39 bits per heavy atom. The minimum Gasteiger partial charge on any atom is -0.493 e. The quantitative estimate of drug-likeness (QED) is 0.396. The monoisotopic (exact) mass is 389 g/mol. The molecule has 0 fully saturated rings. The van der Waals surface area contributed by atoms with E-state index in [9.17, 15) is 14.9 Å². The Bertz CT molecular complexity index is 858. The molecule has 28 heavy (non-hydrogen) atoms. The molecule has 2 aromatic rings. The van der Waals surface area contributed by atoms with Crippen molar-refractivity contribution in [3.8, 4) is 23.0 Å². The van der Waals surface area contributed by atoms with Gasteiger partial charge in [-0.05, 0) is 18.2 Å². The summed E-state index contributed by atoms with van der Waals surface area (Å²) < 4.78 is 20.9. The molecule has 1 amide bonds. The van der Waals surface area contributed by atoms with Crippen molar-refractivity contribution in [2.24, 2.45) is 5.10 Å². The molecule has 0 aliphatic carbocycles. The molecule has 2 aromatic carbocycles. The van der Waals surface area contributed by atoms with E-state index in [0.717, 1.165) is 0 Å². The van der Waals surface area contributed by atoms with Gasteiger partial charge in [-0.1, -0.05) is 6.07 Å². The number of ether oxygens (including phenoxy) is 4. The van der Waals surface area contributed by atoms with Crippen molar-refractivity contribution in [2.45, 2.75) is 0 Å². The van der Waals surface area contributed by atoms with Gasteiger partial charge in [-0.3, -0.25) is 14.9 Å². The molecule has 2 rings (SSSR count). The highest BCUT2D eigenvalue weighted by atomic mass is 16.6. The highest BCUT2D eigenvalue weighted by Crippen LogP contribution is 2.37. The first-order valence-electron chi connectivity index (χ1n) is 7.97. The lowest BCUT2D eigenvalue weighted by Gasteiger charge is -2.12. The fourth-order valence-corrected chi connectivity index (χ4v) is 2.22. The van der Waals surface area contributed by atoms with E-state index in [1.807, 2.05) is 0 Å². The van der Waals surface area contributed by atoms with Crippen LogP contribution in [0, 0.1) is 10.1 Å². The van der Waals surface area contributed by atoms with Gasteiger partial charge in [0.15, 0.2) is 18.1 Å². The van der Waals surface area contributed by atoms with Crippen LogP contribution < -0.4 is 24.4 Å². The summed E-state index contributed by atoms with van der Waals surface area (Å²) in [6.45, 7) is -0.353. The van der Waals surface area contributed by atoms with E-state index in [1.165, 1.54) is 51.8 Å². The van der Waals surface area contributed by atoms with Gasteiger partial charge in [-0.15, -0.1) is 0 Å². The van der Waals surface area contributed by atoms with Crippen molar-refractivity contribution in [2.75, 3.05) is 27.9 Å². The van der Waals surface area contributed by atoms with Crippen LogP contribution in [-0.4, -0.2) is 45.0 Å². The lowest BCUT2D eigenvalue weighted by Crippen LogP contribution is -2.24. The summed E-state index contributed by atoms with van der Waals surface area (Å²) in [4.78, 5) is 22.0. The largest absolute Gasteiger partial charge is 0.493 e. The lowest BCUT2D eigenvalue weighted by atomic mass is 10.2. The number of amides is 1. The smallest absolute Gasteiger partial charge is 0.277 e. The van der Waals surface area contributed by atoms with Gasteiger partial charge in [0.05, 0.1) is 38.5 Å². The zero-order chi connectivity index (χ0) is 20.5. The predicted octanol–water partition coefficient (Wildman–Crippen LogP) is 2.15. The number of hydrazone groups is 1. The maximum absolute atomic E-state index is 11.8. The van der Waals surface area contributed by atoms with Gasteiger partial charge < -0.3 is 18.9 Å². The van der Waals surface area contributed by atoms with Gasteiger partial charge in [-0.2, -0.15) is 5.10 Å². The number of methoxy groups -OCH3 is 3. The van der Waals surface area contributed by atoms with E-state index in [0.29, 0.717) is 22.8 Å². The molecule has 0 heterocycles. The SMILES string of the molecule is COc1cc(C=NNC(=O)COc2cccc([N+](=O)[O-])c2)cc(OC)c1OC. The number of rotatable bonds is 9. The summed E-state index contributed by atoms with van der Waals surface area (Å²) in [7, 11) is 4.48. The molecule has 0 spiro atoms. The summed E-state index contributed by atoms with van der Waals surface area (Å²) in [5, 5.41) is 14.6. The topological polar surface area (TPSA) is 122 Å². The summed E-state index contributed by atoms with van der Waals surface area (Å²) in [5.74, 6) is 1.01. The fourth-order valence-electron chi connectivity index (χ4n) is 2.22. The average Bonchev–Trinajstić information content (AvgIpc) is 2.71. The van der Waals surface area contributed by atoms with Gasteiger partial charge in [-0.25, -0.2) is 5.43 Å². The van der Waals surface area contributed by atoms with Crippen molar-refractivity contribution in [1.82, 2.24) is 5.43 Å². The molecule has 10 nitrogen and oxygen atoms in total. The van der Waals surface area contributed by atoms with Crippen LogP contribution in [0.4, 0.5) is 5.69 Å². The third-order valence-corrected chi connectivity index (χ3v) is 3.49. The van der Waals surface area contributed by atoms with Gasteiger partial charge >= 0.3 is 0 Å². The minimum absolute atomic E-state index is 0.127. The van der Waals surface area contributed by atoms with Crippen LogP contribution in [0.1, 0.15) is 5.56 Å². The first-order valence-corrected chi connectivity index (χ1v) is 7.97. The Balaban J connectivity index is 1.96. The first-order chi connectivity index (χ1) is 13.5. The van der Waals surface area contributed by atoms with Gasteiger partial charge in [0.25, 0.3) is 11.6 Å². The number of non-ortho nitro benzene ring substituents is 1. The second-order valence-corrected chi connectivity index (χ2v) is 5.29. The summed E-state index contributed by atoms with van der Waals surface area (Å²) in [5.41, 5.74) is 2.78. The van der Waals surface area contributed by atoms with Crippen molar-refractivity contribution in [1.29, 1.82) is 0 Å². The highest BCUT2D eigenvalue weighted by molar-refractivity contribution is 5.84. The maximum atomic E-state index is 11.8. The minimum atomic E-state index is -0.547. The fraction of sp³-hybridized carbons (Fsp3) is 0.222. The Kier molecular flexibility index (Phi) is 7.14. The van der Waals surface area contributed by atoms with E-state index in [4.69, 9.17) is 18.9 Å². The Labute approximate surface area is 160 Å². The summed E-state index contributed by atoms with van der Waals surface area (Å²) >= 11 is 0. The lowest BCUT2D eigenvalue weighted by molar-refractivity contribution is -0.384.